The number of piperazine rings is 1. The summed E-state index contributed by atoms with van der Waals surface area (Å²) in [6.07, 6.45) is 4.53. The quantitative estimate of drug-likeness (QED) is 0.373. The normalized spacial score (nSPS) is 19.5. The zero-order chi connectivity index (χ0) is 29.9. The maximum Gasteiger partial charge on any atom is 0.354 e. The van der Waals surface area contributed by atoms with E-state index in [0.29, 0.717) is 35.5 Å². The molecule has 1 saturated carbocycles. The van der Waals surface area contributed by atoms with Crippen LogP contribution in [0.15, 0.2) is 28.7 Å². The smallest absolute Gasteiger partial charge is 0.354 e. The Kier molecular flexibility index (Phi) is 7.15. The van der Waals surface area contributed by atoms with E-state index >= 15 is 0 Å². The molecule has 1 amide bonds. The number of furan rings is 1. The molecule has 5 rings (SSSR count). The van der Waals surface area contributed by atoms with Gasteiger partial charge in [-0.05, 0) is 68.6 Å². The van der Waals surface area contributed by atoms with E-state index < -0.39 is 17.3 Å². The molecule has 220 valence electrons. The topological polar surface area (TPSA) is 99.8 Å². The van der Waals surface area contributed by atoms with Gasteiger partial charge in [0.15, 0.2) is 28.7 Å². The van der Waals surface area contributed by atoms with Gasteiger partial charge >= 0.3 is 5.97 Å². The number of fused-ring (bicyclic) bond motifs is 1. The molecule has 0 radical (unpaired) electrons. The van der Waals surface area contributed by atoms with Gasteiger partial charge in [0.05, 0.1) is 5.54 Å². The van der Waals surface area contributed by atoms with Gasteiger partial charge in [0.1, 0.15) is 5.52 Å². The largest absolute Gasteiger partial charge is 0.477 e. The maximum atomic E-state index is 14.6. The number of aromatic carboxylic acids is 1. The SMILES string of the molecule is CC1(C)CCC(c2cc(C(C)(C)C)c3oc(C(=O)N4CCN(c5nc(C(=O)O)ccc5F)CC4(C)C)cc3n2)CC1. The van der Waals surface area contributed by atoms with Gasteiger partial charge < -0.3 is 19.3 Å². The van der Waals surface area contributed by atoms with E-state index in [1.54, 1.807) is 15.9 Å². The number of nitrogens with zero attached hydrogens (tertiary/aromatic N) is 4. The number of aromatic nitrogens is 2. The Hall–Kier alpha value is -3.49. The van der Waals surface area contributed by atoms with Crippen LogP contribution < -0.4 is 4.90 Å². The summed E-state index contributed by atoms with van der Waals surface area (Å²) in [6, 6.07) is 6.21. The van der Waals surface area contributed by atoms with Crippen molar-refractivity contribution in [1.29, 1.82) is 0 Å². The lowest BCUT2D eigenvalue weighted by Crippen LogP contribution is -2.61. The van der Waals surface area contributed by atoms with Gasteiger partial charge in [0.25, 0.3) is 5.91 Å². The van der Waals surface area contributed by atoms with Crippen molar-refractivity contribution < 1.29 is 23.5 Å². The lowest BCUT2D eigenvalue weighted by atomic mass is 9.72. The lowest BCUT2D eigenvalue weighted by molar-refractivity contribution is 0.0483. The summed E-state index contributed by atoms with van der Waals surface area (Å²) in [5.74, 6) is -1.46. The number of carbonyl (C=O) groups excluding carboxylic acids is 1. The summed E-state index contributed by atoms with van der Waals surface area (Å²) >= 11 is 0. The number of hydrogen-bond acceptors (Lipinski definition) is 6. The maximum absolute atomic E-state index is 14.6. The number of rotatable bonds is 4. The molecule has 9 heteroatoms. The number of carboxylic acid groups (broad SMARTS) is 1. The molecule has 0 spiro atoms. The molecule has 41 heavy (non-hydrogen) atoms. The Balaban J connectivity index is 1.43. The first-order valence-corrected chi connectivity index (χ1v) is 14.5. The zero-order valence-corrected chi connectivity index (χ0v) is 25.2. The molecule has 1 N–H and O–H groups in total. The fourth-order valence-electron chi connectivity index (χ4n) is 6.23. The van der Waals surface area contributed by atoms with E-state index in [2.05, 4.69) is 45.7 Å². The monoisotopic (exact) mass is 564 g/mol. The van der Waals surface area contributed by atoms with Gasteiger partial charge in [-0.3, -0.25) is 4.79 Å². The van der Waals surface area contributed by atoms with Crippen molar-refractivity contribution in [3.63, 3.8) is 0 Å². The molecule has 0 aromatic carbocycles. The second-order valence-corrected chi connectivity index (χ2v) is 14.1. The predicted molar refractivity (Wildman–Crippen MR) is 156 cm³/mol. The van der Waals surface area contributed by atoms with Gasteiger partial charge in [-0.2, -0.15) is 0 Å². The minimum atomic E-state index is -1.22. The minimum absolute atomic E-state index is 0.0218. The number of hydrogen-bond donors (Lipinski definition) is 1. The predicted octanol–water partition coefficient (Wildman–Crippen LogP) is 6.78. The highest BCUT2D eigenvalue weighted by Gasteiger charge is 2.40. The summed E-state index contributed by atoms with van der Waals surface area (Å²) < 4.78 is 20.9. The van der Waals surface area contributed by atoms with Crippen LogP contribution in [0.2, 0.25) is 0 Å². The van der Waals surface area contributed by atoms with Crippen molar-refractivity contribution >= 4 is 28.8 Å². The number of amides is 1. The third kappa shape index (κ3) is 5.68. The van der Waals surface area contributed by atoms with Gasteiger partial charge in [-0.25, -0.2) is 19.2 Å². The fourth-order valence-corrected chi connectivity index (χ4v) is 6.23. The van der Waals surface area contributed by atoms with E-state index in [1.807, 2.05) is 13.8 Å². The third-order valence-electron chi connectivity index (χ3n) is 8.77. The molecular formula is C32H41FN4O4. The number of pyridine rings is 2. The van der Waals surface area contributed by atoms with Gasteiger partial charge in [-0.15, -0.1) is 0 Å². The van der Waals surface area contributed by atoms with Crippen molar-refractivity contribution in [3.8, 4) is 0 Å². The molecule has 1 saturated heterocycles. The van der Waals surface area contributed by atoms with E-state index in [4.69, 9.17) is 9.40 Å². The second-order valence-electron chi connectivity index (χ2n) is 14.1. The molecular weight excluding hydrogens is 523 g/mol. The lowest BCUT2D eigenvalue weighted by Gasteiger charge is -2.47. The Morgan fingerprint density at radius 2 is 1.73 bits per heavy atom. The number of carboxylic acids is 1. The Labute approximate surface area is 240 Å². The van der Waals surface area contributed by atoms with E-state index in [1.165, 1.54) is 12.8 Å². The van der Waals surface area contributed by atoms with Crippen LogP contribution in [0.5, 0.6) is 0 Å². The van der Waals surface area contributed by atoms with Crippen LogP contribution in [0, 0.1) is 11.2 Å². The number of halogens is 1. The van der Waals surface area contributed by atoms with Gasteiger partial charge in [0, 0.05) is 42.9 Å². The average Bonchev–Trinajstić information content (AvgIpc) is 3.31. The van der Waals surface area contributed by atoms with E-state index in [-0.39, 0.29) is 35.1 Å². The standard InChI is InChI=1S/C32H41FN4O4/c1-30(2,3)20-16-23(19-10-12-31(4,5)13-11-19)34-24-17-25(41-26(20)24)28(38)37-15-14-36(18-32(37,6)7)27-21(33)8-9-22(35-27)29(39)40/h8-9,16-17,19H,10-15,18H2,1-7H3,(H,39,40). The first-order chi connectivity index (χ1) is 19.1. The molecule has 0 unspecified atom stereocenters. The molecule has 3 aromatic rings. The third-order valence-corrected chi connectivity index (χ3v) is 8.77. The van der Waals surface area contributed by atoms with Gasteiger partial charge in [0.2, 0.25) is 0 Å². The van der Waals surface area contributed by atoms with Crippen LogP contribution in [-0.4, -0.2) is 57.0 Å². The minimum Gasteiger partial charge on any atom is -0.477 e. The van der Waals surface area contributed by atoms with E-state index in [9.17, 15) is 19.1 Å². The van der Waals surface area contributed by atoms with Crippen molar-refractivity contribution in [1.82, 2.24) is 14.9 Å². The molecule has 3 aromatic heterocycles. The van der Waals surface area contributed by atoms with Crippen LogP contribution in [0.3, 0.4) is 0 Å². The summed E-state index contributed by atoms with van der Waals surface area (Å²) in [5, 5.41) is 9.31. The molecule has 2 aliphatic rings. The van der Waals surface area contributed by atoms with Crippen LogP contribution >= 0.6 is 0 Å². The molecule has 1 aliphatic carbocycles. The zero-order valence-electron chi connectivity index (χ0n) is 25.2. The first-order valence-electron chi connectivity index (χ1n) is 14.5. The summed E-state index contributed by atoms with van der Waals surface area (Å²) in [6.45, 7) is 15.8. The van der Waals surface area contributed by atoms with Crippen LogP contribution in [0.25, 0.3) is 11.1 Å². The number of anilines is 1. The summed E-state index contributed by atoms with van der Waals surface area (Å²) in [7, 11) is 0. The van der Waals surface area contributed by atoms with Gasteiger partial charge in [-0.1, -0.05) is 34.6 Å². The van der Waals surface area contributed by atoms with Crippen molar-refractivity contribution in [2.24, 2.45) is 5.41 Å². The highest BCUT2D eigenvalue weighted by Crippen LogP contribution is 2.43. The Morgan fingerprint density at radius 3 is 2.34 bits per heavy atom. The molecule has 0 atom stereocenters. The summed E-state index contributed by atoms with van der Waals surface area (Å²) in [4.78, 5) is 37.8. The number of carbonyl (C=O) groups is 2. The molecule has 4 heterocycles. The summed E-state index contributed by atoms with van der Waals surface area (Å²) in [5.41, 5.74) is 2.70. The molecule has 0 bridgehead atoms. The Bertz CT molecular complexity index is 1490. The fraction of sp³-hybridized carbons (Fsp3) is 0.562. The van der Waals surface area contributed by atoms with Crippen LogP contribution in [0.1, 0.15) is 112 Å². The second kappa shape index (κ2) is 10.1. The Morgan fingerprint density at radius 1 is 1.05 bits per heavy atom. The van der Waals surface area contributed by atoms with Crippen LogP contribution in [-0.2, 0) is 5.41 Å². The van der Waals surface area contributed by atoms with Crippen molar-refractivity contribution in [2.45, 2.75) is 91.0 Å². The van der Waals surface area contributed by atoms with Crippen molar-refractivity contribution in [2.75, 3.05) is 24.5 Å². The average molecular weight is 565 g/mol. The first kappa shape index (κ1) is 29.0. The van der Waals surface area contributed by atoms with Crippen molar-refractivity contribution in [3.05, 3.63) is 52.8 Å². The van der Waals surface area contributed by atoms with E-state index in [0.717, 1.165) is 36.2 Å². The molecule has 8 nitrogen and oxygen atoms in total. The highest BCUT2D eigenvalue weighted by atomic mass is 19.1. The molecule has 1 aliphatic heterocycles. The highest BCUT2D eigenvalue weighted by molar-refractivity contribution is 5.96. The van der Waals surface area contributed by atoms with Crippen LogP contribution in [0.4, 0.5) is 10.2 Å². The molecule has 2 fully saturated rings.